The maximum atomic E-state index is 12.4. The number of amides is 1. The Bertz CT molecular complexity index is 416. The number of hydrogen-bond acceptors (Lipinski definition) is 3. The predicted molar refractivity (Wildman–Crippen MR) is 81.6 cm³/mol. The van der Waals surface area contributed by atoms with Gasteiger partial charge in [-0.2, -0.15) is 0 Å². The van der Waals surface area contributed by atoms with Gasteiger partial charge in [-0.1, -0.05) is 26.0 Å². The smallest absolute Gasteiger partial charge is 0.227 e. The van der Waals surface area contributed by atoms with Crippen molar-refractivity contribution in [3.63, 3.8) is 0 Å². The second kappa shape index (κ2) is 7.29. The first-order valence-corrected chi connectivity index (χ1v) is 7.18. The first-order valence-electron chi connectivity index (χ1n) is 7.18. The van der Waals surface area contributed by atoms with Gasteiger partial charge in [0.25, 0.3) is 0 Å². The maximum Gasteiger partial charge on any atom is 0.227 e. The molecule has 0 bridgehead atoms. The van der Waals surface area contributed by atoms with E-state index in [9.17, 15) is 4.79 Å². The van der Waals surface area contributed by atoms with Crippen LogP contribution in [0, 0.1) is 5.41 Å². The first kappa shape index (κ1) is 16.5. The van der Waals surface area contributed by atoms with Crippen molar-refractivity contribution >= 4 is 5.91 Å². The standard InChI is InChI=1S/C16H26N2O2/c1-5-16(6-2,11-17)15(19)18-12(3)13-7-9-14(20-4)10-8-13/h7-10,12H,5-6,11,17H2,1-4H3,(H,18,19). The Morgan fingerprint density at radius 3 is 2.25 bits per heavy atom. The lowest BCUT2D eigenvalue weighted by atomic mass is 9.81. The topological polar surface area (TPSA) is 64.4 Å². The molecule has 112 valence electrons. The Kier molecular flexibility index (Phi) is 6.02. The second-order valence-corrected chi connectivity index (χ2v) is 5.16. The fourth-order valence-electron chi connectivity index (χ4n) is 2.28. The molecule has 0 saturated carbocycles. The van der Waals surface area contributed by atoms with E-state index in [2.05, 4.69) is 5.32 Å². The van der Waals surface area contributed by atoms with Crippen LogP contribution in [-0.4, -0.2) is 19.6 Å². The SMILES string of the molecule is CCC(CC)(CN)C(=O)NC(C)c1ccc(OC)cc1. The molecule has 3 N–H and O–H groups in total. The number of carbonyl (C=O) groups is 1. The average molecular weight is 278 g/mol. The maximum absolute atomic E-state index is 12.4. The molecule has 0 saturated heterocycles. The Morgan fingerprint density at radius 2 is 1.85 bits per heavy atom. The van der Waals surface area contributed by atoms with E-state index in [1.807, 2.05) is 45.0 Å². The molecule has 4 nitrogen and oxygen atoms in total. The molecule has 0 heterocycles. The monoisotopic (exact) mass is 278 g/mol. The summed E-state index contributed by atoms with van der Waals surface area (Å²) >= 11 is 0. The van der Waals surface area contributed by atoms with E-state index < -0.39 is 5.41 Å². The van der Waals surface area contributed by atoms with Gasteiger partial charge in [0.15, 0.2) is 0 Å². The van der Waals surface area contributed by atoms with E-state index in [4.69, 9.17) is 10.5 Å². The first-order chi connectivity index (χ1) is 9.52. The number of rotatable bonds is 7. The van der Waals surface area contributed by atoms with Crippen LogP contribution in [0.15, 0.2) is 24.3 Å². The minimum Gasteiger partial charge on any atom is -0.497 e. The highest BCUT2D eigenvalue weighted by Gasteiger charge is 2.33. The van der Waals surface area contributed by atoms with Crippen molar-refractivity contribution in [3.05, 3.63) is 29.8 Å². The van der Waals surface area contributed by atoms with Crippen LogP contribution < -0.4 is 15.8 Å². The summed E-state index contributed by atoms with van der Waals surface area (Å²) < 4.78 is 5.13. The van der Waals surface area contributed by atoms with E-state index in [0.29, 0.717) is 6.54 Å². The van der Waals surface area contributed by atoms with Gasteiger partial charge in [-0.05, 0) is 37.5 Å². The normalized spacial score (nSPS) is 12.8. The van der Waals surface area contributed by atoms with E-state index >= 15 is 0 Å². The number of hydrogen-bond donors (Lipinski definition) is 2. The summed E-state index contributed by atoms with van der Waals surface area (Å²) in [6, 6.07) is 7.68. The fourth-order valence-corrected chi connectivity index (χ4v) is 2.28. The molecule has 0 spiro atoms. The van der Waals surface area contributed by atoms with Crippen LogP contribution in [0.1, 0.15) is 45.2 Å². The molecule has 1 aromatic carbocycles. The summed E-state index contributed by atoms with van der Waals surface area (Å²) in [4.78, 5) is 12.4. The minimum absolute atomic E-state index is 0.0355. The zero-order chi connectivity index (χ0) is 15.2. The zero-order valence-electron chi connectivity index (χ0n) is 12.9. The van der Waals surface area contributed by atoms with Crippen molar-refractivity contribution in [1.29, 1.82) is 0 Å². The molecule has 20 heavy (non-hydrogen) atoms. The number of ether oxygens (including phenoxy) is 1. The number of nitrogens with two attached hydrogens (primary N) is 1. The Labute approximate surface area is 121 Å². The van der Waals surface area contributed by atoms with Crippen molar-refractivity contribution in [3.8, 4) is 5.75 Å². The van der Waals surface area contributed by atoms with Gasteiger partial charge in [0.05, 0.1) is 18.6 Å². The van der Waals surface area contributed by atoms with Gasteiger partial charge < -0.3 is 15.8 Å². The summed E-state index contributed by atoms with van der Waals surface area (Å²) in [7, 11) is 1.64. The van der Waals surface area contributed by atoms with E-state index in [1.165, 1.54) is 0 Å². The van der Waals surface area contributed by atoms with E-state index in [0.717, 1.165) is 24.2 Å². The summed E-state index contributed by atoms with van der Waals surface area (Å²) in [5, 5.41) is 3.07. The number of benzene rings is 1. The minimum atomic E-state index is -0.458. The molecule has 1 aromatic rings. The molecule has 1 unspecified atom stereocenters. The van der Waals surface area contributed by atoms with Gasteiger partial charge in [0, 0.05) is 6.54 Å². The third kappa shape index (κ3) is 3.51. The van der Waals surface area contributed by atoms with Crippen LogP contribution in [0.25, 0.3) is 0 Å². The van der Waals surface area contributed by atoms with E-state index in [1.54, 1.807) is 7.11 Å². The third-order valence-corrected chi connectivity index (χ3v) is 4.19. The highest BCUT2D eigenvalue weighted by Crippen LogP contribution is 2.26. The van der Waals surface area contributed by atoms with Gasteiger partial charge in [-0.3, -0.25) is 4.79 Å². The van der Waals surface area contributed by atoms with Crippen molar-refractivity contribution in [1.82, 2.24) is 5.32 Å². The molecule has 0 radical (unpaired) electrons. The van der Waals surface area contributed by atoms with Gasteiger partial charge in [-0.15, -0.1) is 0 Å². The van der Waals surface area contributed by atoms with Crippen molar-refractivity contribution in [2.75, 3.05) is 13.7 Å². The van der Waals surface area contributed by atoms with Crippen LogP contribution in [0.3, 0.4) is 0 Å². The van der Waals surface area contributed by atoms with Gasteiger partial charge >= 0.3 is 0 Å². The number of carbonyl (C=O) groups excluding carboxylic acids is 1. The fraction of sp³-hybridized carbons (Fsp3) is 0.562. The lowest BCUT2D eigenvalue weighted by Crippen LogP contribution is -2.46. The second-order valence-electron chi connectivity index (χ2n) is 5.16. The van der Waals surface area contributed by atoms with Crippen LogP contribution in [0.2, 0.25) is 0 Å². The van der Waals surface area contributed by atoms with Crippen LogP contribution in [0.4, 0.5) is 0 Å². The van der Waals surface area contributed by atoms with Crippen molar-refractivity contribution in [2.45, 2.75) is 39.7 Å². The Balaban J connectivity index is 2.78. The quantitative estimate of drug-likeness (QED) is 0.806. The lowest BCUT2D eigenvalue weighted by Gasteiger charge is -2.30. The lowest BCUT2D eigenvalue weighted by molar-refractivity contribution is -0.131. The largest absolute Gasteiger partial charge is 0.497 e. The molecule has 0 aliphatic rings. The molecule has 1 amide bonds. The Hall–Kier alpha value is -1.55. The van der Waals surface area contributed by atoms with Gasteiger partial charge in [0.2, 0.25) is 5.91 Å². The molecule has 0 fully saturated rings. The molecule has 1 atom stereocenters. The van der Waals surface area contributed by atoms with Crippen LogP contribution in [0.5, 0.6) is 5.75 Å². The highest BCUT2D eigenvalue weighted by atomic mass is 16.5. The highest BCUT2D eigenvalue weighted by molar-refractivity contribution is 5.83. The third-order valence-electron chi connectivity index (χ3n) is 4.19. The number of methoxy groups -OCH3 is 1. The Morgan fingerprint density at radius 1 is 1.30 bits per heavy atom. The summed E-state index contributed by atoms with van der Waals surface area (Å²) in [6.45, 7) is 6.37. The molecule has 0 aromatic heterocycles. The average Bonchev–Trinajstić information content (AvgIpc) is 2.49. The molecule has 1 rings (SSSR count). The van der Waals surface area contributed by atoms with Crippen LogP contribution in [-0.2, 0) is 4.79 Å². The van der Waals surface area contributed by atoms with Crippen LogP contribution >= 0.6 is 0 Å². The summed E-state index contributed by atoms with van der Waals surface area (Å²) in [5.41, 5.74) is 6.40. The van der Waals surface area contributed by atoms with Crippen molar-refractivity contribution in [2.24, 2.45) is 11.1 Å². The predicted octanol–water partition coefficient (Wildman–Crippen LogP) is 2.64. The molecule has 0 aliphatic heterocycles. The summed E-state index contributed by atoms with van der Waals surface area (Å²) in [6.07, 6.45) is 1.50. The number of nitrogens with one attached hydrogen (secondary N) is 1. The molecular formula is C16H26N2O2. The van der Waals surface area contributed by atoms with Crippen molar-refractivity contribution < 1.29 is 9.53 Å². The molecule has 0 aliphatic carbocycles. The van der Waals surface area contributed by atoms with E-state index in [-0.39, 0.29) is 11.9 Å². The van der Waals surface area contributed by atoms with Gasteiger partial charge in [-0.25, -0.2) is 0 Å². The van der Waals surface area contributed by atoms with Gasteiger partial charge in [0.1, 0.15) is 5.75 Å². The summed E-state index contributed by atoms with van der Waals surface area (Å²) in [5.74, 6) is 0.846. The zero-order valence-corrected chi connectivity index (χ0v) is 12.9. The molecular weight excluding hydrogens is 252 g/mol. The molecule has 4 heteroatoms.